The Hall–Kier alpha value is -3.63. The van der Waals surface area contributed by atoms with Crippen molar-refractivity contribution >= 4 is 81.8 Å². The number of nitrogens with zero attached hydrogens (tertiary/aromatic N) is 1. The molecule has 0 saturated carbocycles. The minimum Gasteiger partial charge on any atom is -0.462 e. The SMILES string of the molecule is CCOC(=O)c1ccc(NC(=O)COC(=O)[C@H](Cc2ccccc2)N2C(=O)c3c(Cl)c(Cl)c(Cl)c(Cl)c3C2=O)cc1. The summed E-state index contributed by atoms with van der Waals surface area (Å²) in [6.45, 7) is 1.17. The lowest BCUT2D eigenvalue weighted by atomic mass is 10.0. The topological polar surface area (TPSA) is 119 Å². The van der Waals surface area contributed by atoms with Crippen LogP contribution >= 0.6 is 46.4 Å². The highest BCUT2D eigenvalue weighted by atomic mass is 35.5. The van der Waals surface area contributed by atoms with Crippen molar-refractivity contribution in [2.75, 3.05) is 18.5 Å². The van der Waals surface area contributed by atoms with Gasteiger partial charge in [0, 0.05) is 12.1 Å². The summed E-state index contributed by atoms with van der Waals surface area (Å²) in [5.41, 5.74) is 0.657. The molecule has 9 nitrogen and oxygen atoms in total. The van der Waals surface area contributed by atoms with Gasteiger partial charge < -0.3 is 14.8 Å². The van der Waals surface area contributed by atoms with Crippen molar-refractivity contribution in [2.24, 2.45) is 0 Å². The molecule has 0 fully saturated rings. The van der Waals surface area contributed by atoms with Crippen LogP contribution < -0.4 is 5.32 Å². The highest BCUT2D eigenvalue weighted by molar-refractivity contribution is 6.55. The van der Waals surface area contributed by atoms with Crippen LogP contribution in [-0.2, 0) is 25.5 Å². The summed E-state index contributed by atoms with van der Waals surface area (Å²) in [4.78, 5) is 65.1. The van der Waals surface area contributed by atoms with Crippen LogP contribution in [0.3, 0.4) is 0 Å². The molecule has 1 aliphatic rings. The molecule has 1 N–H and O–H groups in total. The minimum atomic E-state index is -1.48. The van der Waals surface area contributed by atoms with Crippen LogP contribution in [0.4, 0.5) is 5.69 Å². The Morgan fingerprint density at radius 2 is 1.37 bits per heavy atom. The molecule has 1 heterocycles. The van der Waals surface area contributed by atoms with Crippen LogP contribution in [0.2, 0.25) is 20.1 Å². The fourth-order valence-electron chi connectivity index (χ4n) is 4.10. The van der Waals surface area contributed by atoms with Crippen molar-refractivity contribution < 1.29 is 33.4 Å². The summed E-state index contributed by atoms with van der Waals surface area (Å²) in [7, 11) is 0. The van der Waals surface area contributed by atoms with E-state index in [0.717, 1.165) is 0 Å². The van der Waals surface area contributed by atoms with Gasteiger partial charge in [-0.15, -0.1) is 0 Å². The second-order valence-electron chi connectivity index (χ2n) is 8.65. The number of fused-ring (bicyclic) bond motifs is 1. The van der Waals surface area contributed by atoms with E-state index in [2.05, 4.69) is 5.32 Å². The number of halogens is 4. The van der Waals surface area contributed by atoms with E-state index in [1.54, 1.807) is 37.3 Å². The fourth-order valence-corrected chi connectivity index (χ4v) is 5.12. The van der Waals surface area contributed by atoms with E-state index in [1.807, 2.05) is 0 Å². The number of ether oxygens (including phenoxy) is 2. The van der Waals surface area contributed by atoms with E-state index < -0.39 is 42.3 Å². The Kier molecular flexibility index (Phi) is 9.55. The molecule has 41 heavy (non-hydrogen) atoms. The van der Waals surface area contributed by atoms with Gasteiger partial charge in [-0.2, -0.15) is 0 Å². The molecule has 1 aliphatic heterocycles. The zero-order valence-corrected chi connectivity index (χ0v) is 24.2. The Balaban J connectivity index is 1.53. The Labute approximate surface area is 254 Å². The standard InChI is InChI=1S/C28H20Cl4N2O7/c1-2-40-27(38)15-8-10-16(11-9-15)33-18(35)13-41-28(39)17(12-14-6-4-3-5-7-14)34-25(36)19-20(26(34)37)22(30)24(32)23(31)21(19)29/h3-11,17H,2,12-13H2,1H3,(H,33,35)/t17-/m0/s1. The van der Waals surface area contributed by atoms with E-state index in [0.29, 0.717) is 21.7 Å². The monoisotopic (exact) mass is 636 g/mol. The van der Waals surface area contributed by atoms with Crippen LogP contribution in [0.15, 0.2) is 54.6 Å². The van der Waals surface area contributed by atoms with Gasteiger partial charge in [-0.25, -0.2) is 9.59 Å². The zero-order valence-electron chi connectivity index (χ0n) is 21.2. The first-order valence-corrected chi connectivity index (χ1v) is 13.6. The molecule has 1 atom stereocenters. The molecular weight excluding hydrogens is 618 g/mol. The molecule has 4 rings (SSSR count). The van der Waals surface area contributed by atoms with E-state index in [1.165, 1.54) is 24.3 Å². The maximum Gasteiger partial charge on any atom is 0.338 e. The van der Waals surface area contributed by atoms with Crippen molar-refractivity contribution in [3.63, 3.8) is 0 Å². The molecule has 0 unspecified atom stereocenters. The molecule has 0 bridgehead atoms. The first-order valence-electron chi connectivity index (χ1n) is 12.1. The second kappa shape index (κ2) is 12.9. The number of imide groups is 1. The molecular formula is C28H20Cl4N2O7. The number of carbonyl (C=O) groups is 5. The van der Waals surface area contributed by atoms with E-state index in [4.69, 9.17) is 55.9 Å². The first-order chi connectivity index (χ1) is 19.5. The van der Waals surface area contributed by atoms with Gasteiger partial charge in [0.15, 0.2) is 6.61 Å². The van der Waals surface area contributed by atoms with Gasteiger partial charge in [0.05, 0.1) is 43.4 Å². The predicted molar refractivity (Wildman–Crippen MR) is 153 cm³/mol. The van der Waals surface area contributed by atoms with Crippen molar-refractivity contribution in [2.45, 2.75) is 19.4 Å². The third-order valence-electron chi connectivity index (χ3n) is 6.01. The Bertz CT molecular complexity index is 1500. The van der Waals surface area contributed by atoms with Gasteiger partial charge in [-0.1, -0.05) is 76.7 Å². The smallest absolute Gasteiger partial charge is 0.338 e. The fraction of sp³-hybridized carbons (Fsp3) is 0.179. The largest absolute Gasteiger partial charge is 0.462 e. The summed E-state index contributed by atoms with van der Waals surface area (Å²) in [6.07, 6.45) is -0.126. The van der Waals surface area contributed by atoms with Gasteiger partial charge >= 0.3 is 11.9 Å². The maximum absolute atomic E-state index is 13.4. The number of carbonyl (C=O) groups excluding carboxylic acids is 5. The van der Waals surface area contributed by atoms with Crippen LogP contribution in [0, 0.1) is 0 Å². The molecule has 3 aromatic rings. The molecule has 0 aliphatic carbocycles. The van der Waals surface area contributed by atoms with Crippen LogP contribution in [0.1, 0.15) is 43.6 Å². The molecule has 3 amide bonds. The van der Waals surface area contributed by atoms with Crippen LogP contribution in [-0.4, -0.2) is 53.8 Å². The number of hydrogen-bond donors (Lipinski definition) is 1. The Morgan fingerprint density at radius 3 is 1.90 bits per heavy atom. The third kappa shape index (κ3) is 6.33. The molecule has 212 valence electrons. The highest BCUT2D eigenvalue weighted by Gasteiger charge is 2.47. The molecule has 0 saturated heterocycles. The quantitative estimate of drug-likeness (QED) is 0.135. The highest BCUT2D eigenvalue weighted by Crippen LogP contribution is 2.45. The summed E-state index contributed by atoms with van der Waals surface area (Å²) in [5, 5.41) is 1.54. The van der Waals surface area contributed by atoms with Crippen molar-refractivity contribution in [1.82, 2.24) is 4.90 Å². The maximum atomic E-state index is 13.4. The van der Waals surface area contributed by atoms with E-state index in [9.17, 15) is 24.0 Å². The number of hydrogen-bond acceptors (Lipinski definition) is 7. The second-order valence-corrected chi connectivity index (χ2v) is 10.2. The average Bonchev–Trinajstić information content (AvgIpc) is 3.23. The number of nitrogens with one attached hydrogen (secondary N) is 1. The minimum absolute atomic E-state index is 0.126. The number of esters is 2. The Morgan fingerprint density at radius 1 is 0.805 bits per heavy atom. The molecule has 0 radical (unpaired) electrons. The summed E-state index contributed by atoms with van der Waals surface area (Å²) < 4.78 is 10.1. The van der Waals surface area contributed by atoms with Gasteiger partial charge in [0.2, 0.25) is 0 Å². The van der Waals surface area contributed by atoms with Crippen LogP contribution in [0.25, 0.3) is 0 Å². The lowest BCUT2D eigenvalue weighted by Crippen LogP contribution is -2.47. The predicted octanol–water partition coefficient (Wildman–Crippen LogP) is 5.87. The van der Waals surface area contributed by atoms with Crippen LogP contribution in [0.5, 0.6) is 0 Å². The first kappa shape index (κ1) is 30.3. The summed E-state index contributed by atoms with van der Waals surface area (Å²) in [6, 6.07) is 13.0. The van der Waals surface area contributed by atoms with Gasteiger partial charge in [0.1, 0.15) is 6.04 Å². The van der Waals surface area contributed by atoms with Gasteiger partial charge in [-0.3, -0.25) is 19.3 Å². The van der Waals surface area contributed by atoms with E-state index in [-0.39, 0.29) is 44.2 Å². The van der Waals surface area contributed by atoms with Gasteiger partial charge in [-0.05, 0) is 36.8 Å². The molecule has 13 heteroatoms. The number of anilines is 1. The van der Waals surface area contributed by atoms with Crippen molar-refractivity contribution in [1.29, 1.82) is 0 Å². The summed E-state index contributed by atoms with van der Waals surface area (Å²) in [5.74, 6) is -4.07. The lowest BCUT2D eigenvalue weighted by Gasteiger charge is -2.24. The average molecular weight is 638 g/mol. The zero-order chi connectivity index (χ0) is 29.8. The summed E-state index contributed by atoms with van der Waals surface area (Å²) >= 11 is 24.7. The molecule has 0 spiro atoms. The number of rotatable bonds is 9. The number of amides is 3. The van der Waals surface area contributed by atoms with Crippen molar-refractivity contribution in [3.05, 3.63) is 96.9 Å². The van der Waals surface area contributed by atoms with Crippen molar-refractivity contribution in [3.8, 4) is 0 Å². The lowest BCUT2D eigenvalue weighted by molar-refractivity contribution is -0.151. The van der Waals surface area contributed by atoms with Gasteiger partial charge in [0.25, 0.3) is 17.7 Å². The normalized spacial score (nSPS) is 13.0. The number of benzene rings is 3. The van der Waals surface area contributed by atoms with E-state index >= 15 is 0 Å². The molecule has 3 aromatic carbocycles. The molecule has 0 aromatic heterocycles. The third-order valence-corrected chi connectivity index (χ3v) is 7.82.